The highest BCUT2D eigenvalue weighted by Crippen LogP contribution is 2.34. The van der Waals surface area contributed by atoms with E-state index in [1.54, 1.807) is 18.3 Å². The van der Waals surface area contributed by atoms with Crippen molar-refractivity contribution in [3.05, 3.63) is 64.4 Å². The molecule has 24 heavy (non-hydrogen) atoms. The zero-order valence-corrected chi connectivity index (χ0v) is 14.0. The molecule has 1 unspecified atom stereocenters. The average molecular weight is 346 g/mol. The molecule has 1 aromatic carbocycles. The molecular weight excluding hydrogens is 326 g/mol. The molecule has 1 aliphatic carbocycles. The number of rotatable bonds is 4. The Balaban J connectivity index is 1.55. The van der Waals surface area contributed by atoms with Gasteiger partial charge in [0.2, 0.25) is 0 Å². The summed E-state index contributed by atoms with van der Waals surface area (Å²) in [6.45, 7) is 0.541. The molecule has 0 saturated heterocycles. The van der Waals surface area contributed by atoms with E-state index in [1.165, 1.54) is 0 Å². The molecule has 6 heteroatoms. The summed E-state index contributed by atoms with van der Waals surface area (Å²) < 4.78 is 0. The van der Waals surface area contributed by atoms with Gasteiger partial charge in [-0.2, -0.15) is 0 Å². The van der Waals surface area contributed by atoms with Crippen LogP contribution in [0.15, 0.2) is 42.6 Å². The van der Waals surface area contributed by atoms with Crippen LogP contribution in [0.4, 0.5) is 4.79 Å². The maximum Gasteiger partial charge on any atom is 0.315 e. The number of nitrogens with one attached hydrogen (secondary N) is 2. The molecule has 2 aromatic rings. The van der Waals surface area contributed by atoms with Crippen molar-refractivity contribution in [1.82, 2.24) is 15.6 Å². The van der Waals surface area contributed by atoms with Crippen molar-refractivity contribution in [2.24, 2.45) is 0 Å². The second-order valence-electron chi connectivity index (χ2n) is 6.07. The summed E-state index contributed by atoms with van der Waals surface area (Å²) in [5, 5.41) is 16.9. The zero-order chi connectivity index (χ0) is 17.0. The van der Waals surface area contributed by atoms with Gasteiger partial charge < -0.3 is 15.7 Å². The smallest absolute Gasteiger partial charge is 0.315 e. The molecule has 126 valence electrons. The molecule has 0 fully saturated rings. The summed E-state index contributed by atoms with van der Waals surface area (Å²) in [4.78, 5) is 16.0. The van der Waals surface area contributed by atoms with Crippen LogP contribution in [0.5, 0.6) is 0 Å². The summed E-state index contributed by atoms with van der Waals surface area (Å²) in [5.41, 5.74) is 1.92. The topological polar surface area (TPSA) is 74.2 Å². The number of pyridine rings is 1. The molecule has 3 N–H and O–H groups in total. The van der Waals surface area contributed by atoms with E-state index in [1.807, 2.05) is 24.3 Å². The van der Waals surface area contributed by atoms with Crippen molar-refractivity contribution in [1.29, 1.82) is 0 Å². The van der Waals surface area contributed by atoms with Gasteiger partial charge in [0.05, 0.1) is 6.54 Å². The standard InChI is InChI=1S/C18H20ClN3O2/c19-16-8-7-13(10-20-16)11-21-17(23)22-12-18(24)9-3-5-14-4-1-2-6-15(14)18/h1-2,4,6-8,10,24H,3,5,9,11-12H2,(H2,21,22,23). The fourth-order valence-corrected chi connectivity index (χ4v) is 3.18. The van der Waals surface area contributed by atoms with Gasteiger partial charge >= 0.3 is 6.03 Å². The monoisotopic (exact) mass is 345 g/mol. The van der Waals surface area contributed by atoms with Crippen LogP contribution >= 0.6 is 11.6 Å². The van der Waals surface area contributed by atoms with Crippen LogP contribution in [0.2, 0.25) is 5.15 Å². The van der Waals surface area contributed by atoms with Crippen LogP contribution < -0.4 is 10.6 Å². The predicted octanol–water partition coefficient (Wildman–Crippen LogP) is 2.76. The first kappa shape index (κ1) is 16.7. The molecule has 2 amide bonds. The minimum atomic E-state index is -1.01. The normalized spacial score (nSPS) is 19.4. The van der Waals surface area contributed by atoms with E-state index >= 15 is 0 Å². The number of hydrogen-bond donors (Lipinski definition) is 3. The Labute approximate surface area is 146 Å². The molecule has 3 rings (SSSR count). The second kappa shape index (κ2) is 7.20. The number of hydrogen-bond acceptors (Lipinski definition) is 3. The Morgan fingerprint density at radius 3 is 2.88 bits per heavy atom. The van der Waals surface area contributed by atoms with E-state index in [2.05, 4.69) is 15.6 Å². The first-order valence-electron chi connectivity index (χ1n) is 8.00. The molecule has 1 atom stereocenters. The number of carbonyl (C=O) groups excluding carboxylic acids is 1. The molecule has 0 aliphatic heterocycles. The number of nitrogens with zero attached hydrogens (tertiary/aromatic N) is 1. The van der Waals surface area contributed by atoms with Crippen LogP contribution in [0.25, 0.3) is 0 Å². The van der Waals surface area contributed by atoms with Crippen LogP contribution in [-0.4, -0.2) is 22.7 Å². The molecule has 1 heterocycles. The predicted molar refractivity (Wildman–Crippen MR) is 92.8 cm³/mol. The van der Waals surface area contributed by atoms with Gasteiger partial charge in [0.15, 0.2) is 0 Å². The van der Waals surface area contributed by atoms with Crippen LogP contribution in [0, 0.1) is 0 Å². The van der Waals surface area contributed by atoms with Crippen molar-refractivity contribution in [2.75, 3.05) is 6.54 Å². The third-order valence-electron chi connectivity index (χ3n) is 4.34. The van der Waals surface area contributed by atoms with E-state index in [-0.39, 0.29) is 12.6 Å². The Bertz CT molecular complexity index is 720. The third-order valence-corrected chi connectivity index (χ3v) is 4.56. The maximum atomic E-state index is 12.0. The number of amides is 2. The SMILES string of the molecule is O=C(NCc1ccc(Cl)nc1)NCC1(O)CCCc2ccccc21. The highest BCUT2D eigenvalue weighted by atomic mass is 35.5. The van der Waals surface area contributed by atoms with Crippen LogP contribution in [0.3, 0.4) is 0 Å². The highest BCUT2D eigenvalue weighted by Gasteiger charge is 2.34. The number of aliphatic hydroxyl groups is 1. The van der Waals surface area contributed by atoms with Gasteiger partial charge in [0.1, 0.15) is 10.8 Å². The summed E-state index contributed by atoms with van der Waals surface area (Å²) in [6, 6.07) is 11.0. The lowest BCUT2D eigenvalue weighted by Crippen LogP contribution is -2.46. The van der Waals surface area contributed by atoms with Gasteiger partial charge in [-0.15, -0.1) is 0 Å². The lowest BCUT2D eigenvalue weighted by molar-refractivity contribution is 0.0217. The Morgan fingerprint density at radius 2 is 2.08 bits per heavy atom. The molecule has 5 nitrogen and oxygen atoms in total. The lowest BCUT2D eigenvalue weighted by atomic mass is 9.79. The minimum Gasteiger partial charge on any atom is -0.383 e. The largest absolute Gasteiger partial charge is 0.383 e. The van der Waals surface area contributed by atoms with E-state index in [0.717, 1.165) is 29.5 Å². The number of carbonyl (C=O) groups is 1. The van der Waals surface area contributed by atoms with Crippen molar-refractivity contribution in [3.8, 4) is 0 Å². The highest BCUT2D eigenvalue weighted by molar-refractivity contribution is 6.29. The third kappa shape index (κ3) is 3.86. The van der Waals surface area contributed by atoms with Gasteiger partial charge in [-0.3, -0.25) is 0 Å². The first-order chi connectivity index (χ1) is 11.6. The Morgan fingerprint density at radius 1 is 1.25 bits per heavy atom. The number of urea groups is 1. The number of aryl methyl sites for hydroxylation is 1. The van der Waals surface area contributed by atoms with Gasteiger partial charge in [-0.05, 0) is 42.0 Å². The summed E-state index contributed by atoms with van der Waals surface area (Å²) in [5.74, 6) is 0. The summed E-state index contributed by atoms with van der Waals surface area (Å²) in [6.07, 6.45) is 4.14. The van der Waals surface area contributed by atoms with E-state index in [4.69, 9.17) is 11.6 Å². The van der Waals surface area contributed by atoms with Crippen LogP contribution in [0.1, 0.15) is 29.5 Å². The van der Waals surface area contributed by atoms with Crippen molar-refractivity contribution < 1.29 is 9.90 Å². The Kier molecular flexibility index (Phi) is 5.02. The molecule has 0 spiro atoms. The van der Waals surface area contributed by atoms with Crippen molar-refractivity contribution in [2.45, 2.75) is 31.4 Å². The fourth-order valence-electron chi connectivity index (χ4n) is 3.06. The Hall–Kier alpha value is -2.11. The van der Waals surface area contributed by atoms with E-state index < -0.39 is 5.60 Å². The first-order valence-corrected chi connectivity index (χ1v) is 8.37. The number of aromatic nitrogens is 1. The van der Waals surface area contributed by atoms with Crippen molar-refractivity contribution >= 4 is 17.6 Å². The van der Waals surface area contributed by atoms with Crippen LogP contribution in [-0.2, 0) is 18.6 Å². The van der Waals surface area contributed by atoms with Gasteiger partial charge in [-0.1, -0.05) is 41.9 Å². The number of fused-ring (bicyclic) bond motifs is 1. The minimum absolute atomic E-state index is 0.189. The average Bonchev–Trinajstić information content (AvgIpc) is 2.60. The van der Waals surface area contributed by atoms with Gasteiger partial charge in [0, 0.05) is 12.7 Å². The zero-order valence-electron chi connectivity index (χ0n) is 13.3. The second-order valence-corrected chi connectivity index (χ2v) is 6.45. The molecular formula is C18H20ClN3O2. The molecule has 0 radical (unpaired) electrons. The maximum absolute atomic E-state index is 12.0. The van der Waals surface area contributed by atoms with Gasteiger partial charge in [0.25, 0.3) is 0 Å². The van der Waals surface area contributed by atoms with Gasteiger partial charge in [-0.25, -0.2) is 9.78 Å². The van der Waals surface area contributed by atoms with E-state index in [0.29, 0.717) is 18.1 Å². The summed E-state index contributed by atoms with van der Waals surface area (Å²) >= 11 is 5.73. The molecule has 0 bridgehead atoms. The molecule has 1 aliphatic rings. The molecule has 0 saturated carbocycles. The quantitative estimate of drug-likeness (QED) is 0.746. The van der Waals surface area contributed by atoms with E-state index in [9.17, 15) is 9.90 Å². The summed E-state index contributed by atoms with van der Waals surface area (Å²) in [7, 11) is 0. The fraction of sp³-hybridized carbons (Fsp3) is 0.333. The number of benzene rings is 1. The number of halogens is 1. The molecule has 1 aromatic heterocycles. The van der Waals surface area contributed by atoms with Crippen molar-refractivity contribution in [3.63, 3.8) is 0 Å². The lowest BCUT2D eigenvalue weighted by Gasteiger charge is -2.34.